The van der Waals surface area contributed by atoms with Crippen LogP contribution in [0.4, 0.5) is 0 Å². The highest BCUT2D eigenvalue weighted by atomic mass is 32.2. The van der Waals surface area contributed by atoms with E-state index in [4.69, 9.17) is 9.72 Å². The summed E-state index contributed by atoms with van der Waals surface area (Å²) in [5, 5.41) is 12.8. The molecule has 0 bridgehead atoms. The fourth-order valence-electron chi connectivity index (χ4n) is 3.02. The first-order chi connectivity index (χ1) is 14.5. The number of benzene rings is 2. The van der Waals surface area contributed by atoms with Gasteiger partial charge in [0.05, 0.1) is 34.0 Å². The Labute approximate surface area is 178 Å². The predicted octanol–water partition coefficient (Wildman–Crippen LogP) is 2.35. The summed E-state index contributed by atoms with van der Waals surface area (Å²) < 4.78 is 32.3. The van der Waals surface area contributed by atoms with Gasteiger partial charge in [0, 0.05) is 19.9 Å². The molecule has 0 unspecified atom stereocenters. The van der Waals surface area contributed by atoms with Crippen LogP contribution < -0.4 is 0 Å². The highest BCUT2D eigenvalue weighted by Crippen LogP contribution is 2.27. The monoisotopic (exact) mass is 444 g/mol. The van der Waals surface area contributed by atoms with Crippen molar-refractivity contribution < 1.29 is 13.2 Å². The van der Waals surface area contributed by atoms with Crippen molar-refractivity contribution in [3.8, 4) is 5.69 Å². The molecule has 11 heteroatoms. The molecule has 30 heavy (non-hydrogen) atoms. The van der Waals surface area contributed by atoms with Gasteiger partial charge in [0.25, 0.3) is 0 Å². The molecule has 156 valence electrons. The van der Waals surface area contributed by atoms with Crippen LogP contribution in [-0.4, -0.2) is 58.1 Å². The van der Waals surface area contributed by atoms with E-state index < -0.39 is 9.84 Å². The molecule has 0 fully saturated rings. The molecule has 0 saturated heterocycles. The number of hydrogen-bond acceptors (Lipinski definition) is 8. The molecule has 0 aliphatic heterocycles. The predicted molar refractivity (Wildman–Crippen MR) is 113 cm³/mol. The van der Waals surface area contributed by atoms with Crippen LogP contribution in [0.25, 0.3) is 16.7 Å². The molecule has 4 aromatic rings. The molecular formula is C19H20N6O3S2. The molecular weight excluding hydrogens is 424 g/mol. The van der Waals surface area contributed by atoms with Gasteiger partial charge in [0.2, 0.25) is 0 Å². The Bertz CT molecular complexity index is 1270. The van der Waals surface area contributed by atoms with Crippen LogP contribution in [0.1, 0.15) is 5.82 Å². The molecule has 2 aromatic carbocycles. The van der Waals surface area contributed by atoms with Gasteiger partial charge in [-0.25, -0.2) is 13.4 Å². The maximum Gasteiger partial charge on any atom is 0.175 e. The zero-order valence-corrected chi connectivity index (χ0v) is 18.1. The average molecular weight is 445 g/mol. The minimum Gasteiger partial charge on any atom is -0.383 e. The van der Waals surface area contributed by atoms with Crippen LogP contribution in [0, 0.1) is 0 Å². The van der Waals surface area contributed by atoms with Crippen LogP contribution in [0.3, 0.4) is 0 Å². The van der Waals surface area contributed by atoms with E-state index in [9.17, 15) is 8.42 Å². The molecule has 9 nitrogen and oxygen atoms in total. The molecule has 0 spiro atoms. The van der Waals surface area contributed by atoms with Crippen molar-refractivity contribution in [1.29, 1.82) is 0 Å². The van der Waals surface area contributed by atoms with Crippen molar-refractivity contribution in [3.63, 3.8) is 0 Å². The molecule has 0 amide bonds. The normalized spacial score (nSPS) is 11.9. The van der Waals surface area contributed by atoms with Gasteiger partial charge in [-0.1, -0.05) is 23.9 Å². The van der Waals surface area contributed by atoms with E-state index in [0.717, 1.165) is 16.2 Å². The summed E-state index contributed by atoms with van der Waals surface area (Å²) in [6.07, 6.45) is 1.18. The average Bonchev–Trinajstić information content (AvgIpc) is 3.34. The Morgan fingerprint density at radius 3 is 2.60 bits per heavy atom. The number of tetrazole rings is 1. The number of hydrogen-bond donors (Lipinski definition) is 0. The number of imidazole rings is 1. The van der Waals surface area contributed by atoms with E-state index in [2.05, 4.69) is 20.1 Å². The number of aromatic nitrogens is 6. The first kappa shape index (κ1) is 20.5. The van der Waals surface area contributed by atoms with Gasteiger partial charge in [-0.2, -0.15) is 4.68 Å². The number of fused-ring (bicyclic) bond motifs is 1. The van der Waals surface area contributed by atoms with Crippen molar-refractivity contribution >= 4 is 32.6 Å². The van der Waals surface area contributed by atoms with Crippen LogP contribution in [0.2, 0.25) is 0 Å². The number of para-hydroxylation sites is 2. The Hall–Kier alpha value is -2.76. The minimum atomic E-state index is -3.26. The van der Waals surface area contributed by atoms with Gasteiger partial charge in [0.1, 0.15) is 0 Å². The summed E-state index contributed by atoms with van der Waals surface area (Å²) in [6.45, 7) is 1.27. The number of nitrogens with zero attached hydrogens (tertiary/aromatic N) is 6. The van der Waals surface area contributed by atoms with E-state index in [0.29, 0.717) is 30.4 Å². The zero-order chi connectivity index (χ0) is 21.1. The Balaban J connectivity index is 1.58. The second-order valence-electron chi connectivity index (χ2n) is 6.59. The van der Waals surface area contributed by atoms with E-state index in [1.807, 2.05) is 24.3 Å². The van der Waals surface area contributed by atoms with Gasteiger partial charge in [-0.05, 0) is 46.8 Å². The Morgan fingerprint density at radius 1 is 1.10 bits per heavy atom. The van der Waals surface area contributed by atoms with Crippen molar-refractivity contribution in [2.45, 2.75) is 22.3 Å². The summed E-state index contributed by atoms with van der Waals surface area (Å²) in [4.78, 5) is 4.98. The van der Waals surface area contributed by atoms with Crippen LogP contribution in [-0.2, 0) is 26.9 Å². The van der Waals surface area contributed by atoms with Gasteiger partial charge in [-0.15, -0.1) is 5.10 Å². The highest BCUT2D eigenvalue weighted by molar-refractivity contribution is 7.98. The van der Waals surface area contributed by atoms with Crippen molar-refractivity contribution in [3.05, 3.63) is 54.4 Å². The van der Waals surface area contributed by atoms with Gasteiger partial charge >= 0.3 is 0 Å². The summed E-state index contributed by atoms with van der Waals surface area (Å²) in [5.74, 6) is 1.13. The summed E-state index contributed by atoms with van der Waals surface area (Å²) in [7, 11) is -1.58. The molecule has 0 aliphatic carbocycles. The highest BCUT2D eigenvalue weighted by Gasteiger charge is 2.15. The molecule has 0 atom stereocenters. The lowest BCUT2D eigenvalue weighted by molar-refractivity contribution is 0.186. The maximum atomic E-state index is 11.7. The largest absolute Gasteiger partial charge is 0.383 e. The summed E-state index contributed by atoms with van der Waals surface area (Å²) >= 11 is 1.53. The molecule has 0 saturated carbocycles. The second kappa shape index (κ2) is 8.54. The lowest BCUT2D eigenvalue weighted by Gasteiger charge is -2.08. The SMILES string of the molecule is COCCn1c(SCc2nnnn2-c2ccc(S(C)(=O)=O)cc2)nc2ccccc21. The van der Waals surface area contributed by atoms with E-state index >= 15 is 0 Å². The second-order valence-corrected chi connectivity index (χ2v) is 9.55. The van der Waals surface area contributed by atoms with E-state index in [1.165, 1.54) is 18.0 Å². The van der Waals surface area contributed by atoms with Crippen molar-refractivity contribution in [2.24, 2.45) is 0 Å². The summed E-state index contributed by atoms with van der Waals surface area (Å²) in [6, 6.07) is 14.4. The number of sulfone groups is 1. The van der Waals surface area contributed by atoms with Crippen molar-refractivity contribution in [2.75, 3.05) is 20.0 Å². The standard InChI is InChI=1S/C19H20N6O3S2/c1-28-12-11-24-17-6-4-3-5-16(17)20-19(24)29-13-18-21-22-23-25(18)14-7-9-15(10-8-14)30(2,26)27/h3-10H,11-13H2,1-2H3. The Morgan fingerprint density at radius 2 is 1.87 bits per heavy atom. The van der Waals surface area contributed by atoms with E-state index in [1.54, 1.807) is 36.1 Å². The molecule has 4 rings (SSSR count). The third-order valence-electron chi connectivity index (χ3n) is 4.51. The first-order valence-corrected chi connectivity index (χ1v) is 12.0. The van der Waals surface area contributed by atoms with Crippen LogP contribution >= 0.6 is 11.8 Å². The fourth-order valence-corrected chi connectivity index (χ4v) is 4.60. The topological polar surface area (TPSA) is 105 Å². The minimum absolute atomic E-state index is 0.252. The van der Waals surface area contributed by atoms with Gasteiger partial charge < -0.3 is 9.30 Å². The maximum absolute atomic E-state index is 11.7. The lowest BCUT2D eigenvalue weighted by atomic mass is 10.3. The smallest absolute Gasteiger partial charge is 0.175 e. The number of thioether (sulfide) groups is 1. The number of methoxy groups -OCH3 is 1. The summed E-state index contributed by atoms with van der Waals surface area (Å²) in [5.41, 5.74) is 2.66. The lowest BCUT2D eigenvalue weighted by Crippen LogP contribution is -2.06. The molecule has 2 aromatic heterocycles. The van der Waals surface area contributed by atoms with Crippen LogP contribution in [0.15, 0.2) is 58.6 Å². The molecule has 2 heterocycles. The van der Waals surface area contributed by atoms with E-state index in [-0.39, 0.29) is 4.90 Å². The first-order valence-electron chi connectivity index (χ1n) is 9.12. The molecule has 0 radical (unpaired) electrons. The van der Waals surface area contributed by atoms with Gasteiger partial charge in [0.15, 0.2) is 20.8 Å². The molecule has 0 N–H and O–H groups in total. The zero-order valence-electron chi connectivity index (χ0n) is 16.5. The Kier molecular flexibility index (Phi) is 5.84. The molecule has 0 aliphatic rings. The van der Waals surface area contributed by atoms with Gasteiger partial charge in [-0.3, -0.25) is 0 Å². The van der Waals surface area contributed by atoms with Crippen LogP contribution in [0.5, 0.6) is 0 Å². The number of ether oxygens (including phenoxy) is 1. The third kappa shape index (κ3) is 4.23. The third-order valence-corrected chi connectivity index (χ3v) is 6.61. The fraction of sp³-hybridized carbons (Fsp3) is 0.263. The van der Waals surface area contributed by atoms with Crippen molar-refractivity contribution in [1.82, 2.24) is 29.8 Å². The number of rotatable bonds is 8. The quantitative estimate of drug-likeness (QED) is 0.382.